The average molecular weight is 393 g/mol. The molecule has 2 aromatic rings. The van der Waals surface area contributed by atoms with Gasteiger partial charge in [0.15, 0.2) is 0 Å². The van der Waals surface area contributed by atoms with E-state index in [1.807, 2.05) is 72.2 Å². The number of hydrogen-bond acceptors (Lipinski definition) is 5. The third kappa shape index (κ3) is 8.93. The Bertz CT molecular complexity index is 959. The third-order valence-corrected chi connectivity index (χ3v) is 3.76. The van der Waals surface area contributed by atoms with Gasteiger partial charge in [-0.2, -0.15) is 0 Å². The van der Waals surface area contributed by atoms with Crippen molar-refractivity contribution in [3.05, 3.63) is 76.1 Å². The van der Waals surface area contributed by atoms with Crippen molar-refractivity contribution in [1.29, 1.82) is 5.41 Å². The number of pyridine rings is 2. The van der Waals surface area contributed by atoms with E-state index in [1.54, 1.807) is 18.3 Å². The van der Waals surface area contributed by atoms with Crippen molar-refractivity contribution >= 4 is 30.5 Å². The SMILES string of the molecule is C=C(/C=c1/cc(NC)nc/c1=C/C)/C(C=N)=C/C.CC.Cc1cc(C=O)ccn1. The van der Waals surface area contributed by atoms with Crippen LogP contribution in [0.1, 0.15) is 43.7 Å². The van der Waals surface area contributed by atoms with Crippen molar-refractivity contribution in [3.8, 4) is 0 Å². The first-order valence-electron chi connectivity index (χ1n) is 9.54. The van der Waals surface area contributed by atoms with E-state index in [0.29, 0.717) is 5.56 Å². The number of aromatic nitrogens is 2. The highest BCUT2D eigenvalue weighted by molar-refractivity contribution is 5.86. The van der Waals surface area contributed by atoms with E-state index in [2.05, 4.69) is 21.9 Å². The van der Waals surface area contributed by atoms with Crippen molar-refractivity contribution in [2.75, 3.05) is 12.4 Å². The molecule has 0 saturated heterocycles. The molecule has 5 heteroatoms. The second-order valence-electron chi connectivity index (χ2n) is 5.64. The molecule has 0 saturated carbocycles. The fraction of sp³-hybridized carbons (Fsp3) is 0.250. The van der Waals surface area contributed by atoms with Gasteiger partial charge < -0.3 is 10.7 Å². The van der Waals surface area contributed by atoms with Crippen LogP contribution in [0, 0.1) is 12.3 Å². The molecule has 0 aliphatic heterocycles. The molecule has 2 N–H and O–H groups in total. The predicted octanol–water partition coefficient (Wildman–Crippen LogP) is 4.08. The molecular weight excluding hydrogens is 360 g/mol. The van der Waals surface area contributed by atoms with Gasteiger partial charge in [0.1, 0.15) is 12.1 Å². The summed E-state index contributed by atoms with van der Waals surface area (Å²) in [7, 11) is 1.84. The maximum atomic E-state index is 10.1. The summed E-state index contributed by atoms with van der Waals surface area (Å²) in [5, 5.41) is 12.4. The van der Waals surface area contributed by atoms with Gasteiger partial charge in [-0.25, -0.2) is 4.98 Å². The zero-order valence-electron chi connectivity index (χ0n) is 18.3. The van der Waals surface area contributed by atoms with Crippen LogP contribution in [-0.2, 0) is 0 Å². The largest absolute Gasteiger partial charge is 0.373 e. The smallest absolute Gasteiger partial charge is 0.150 e. The van der Waals surface area contributed by atoms with Crippen LogP contribution < -0.4 is 15.8 Å². The lowest BCUT2D eigenvalue weighted by Crippen LogP contribution is -2.25. The summed E-state index contributed by atoms with van der Waals surface area (Å²) in [6.07, 6.45) is 11.4. The maximum absolute atomic E-state index is 10.1. The van der Waals surface area contributed by atoms with Gasteiger partial charge in [0.25, 0.3) is 0 Å². The molecule has 0 fully saturated rings. The van der Waals surface area contributed by atoms with E-state index in [0.717, 1.165) is 39.4 Å². The summed E-state index contributed by atoms with van der Waals surface area (Å²) < 4.78 is 0. The van der Waals surface area contributed by atoms with Crippen LogP contribution in [0.25, 0.3) is 12.2 Å². The molecule has 2 rings (SSSR count). The molecule has 0 atom stereocenters. The van der Waals surface area contributed by atoms with Crippen molar-refractivity contribution in [1.82, 2.24) is 9.97 Å². The van der Waals surface area contributed by atoms with Crippen LogP contribution in [0.2, 0.25) is 0 Å². The Morgan fingerprint density at radius 1 is 1.17 bits per heavy atom. The Morgan fingerprint density at radius 3 is 2.31 bits per heavy atom. The topological polar surface area (TPSA) is 78.7 Å². The van der Waals surface area contributed by atoms with Crippen molar-refractivity contribution in [2.24, 2.45) is 0 Å². The minimum atomic E-state index is 0.683. The molecule has 29 heavy (non-hydrogen) atoms. The second-order valence-corrected chi connectivity index (χ2v) is 5.64. The van der Waals surface area contributed by atoms with E-state index in [9.17, 15) is 4.79 Å². The second kappa shape index (κ2) is 14.7. The predicted molar refractivity (Wildman–Crippen MR) is 125 cm³/mol. The van der Waals surface area contributed by atoms with Crippen LogP contribution in [0.15, 0.2) is 54.4 Å². The first kappa shape index (κ1) is 25.7. The number of nitrogens with one attached hydrogen (secondary N) is 2. The van der Waals surface area contributed by atoms with Crippen LogP contribution in [0.4, 0.5) is 5.82 Å². The summed E-state index contributed by atoms with van der Waals surface area (Å²) in [4.78, 5) is 18.3. The van der Waals surface area contributed by atoms with E-state index < -0.39 is 0 Å². The number of anilines is 1. The van der Waals surface area contributed by atoms with Crippen molar-refractivity contribution in [3.63, 3.8) is 0 Å². The number of allylic oxidation sites excluding steroid dienone is 3. The first-order valence-corrected chi connectivity index (χ1v) is 9.54. The Kier molecular flexibility index (Phi) is 13.0. The molecule has 0 aliphatic carbocycles. The molecule has 0 spiro atoms. The Hall–Kier alpha value is -3.34. The lowest BCUT2D eigenvalue weighted by Gasteiger charge is -2.01. The van der Waals surface area contributed by atoms with Gasteiger partial charge in [0, 0.05) is 36.9 Å². The summed E-state index contributed by atoms with van der Waals surface area (Å²) in [5.41, 5.74) is 3.20. The van der Waals surface area contributed by atoms with Crippen molar-refractivity contribution in [2.45, 2.75) is 34.6 Å². The zero-order valence-corrected chi connectivity index (χ0v) is 18.3. The average Bonchev–Trinajstić information content (AvgIpc) is 2.76. The van der Waals surface area contributed by atoms with E-state index in [1.165, 1.54) is 6.21 Å². The number of aryl methyl sites for hydroxylation is 1. The molecule has 0 bridgehead atoms. The van der Waals surface area contributed by atoms with Gasteiger partial charge in [-0.15, -0.1) is 0 Å². The molecule has 0 amide bonds. The molecule has 5 nitrogen and oxygen atoms in total. The van der Waals surface area contributed by atoms with E-state index in [-0.39, 0.29) is 0 Å². The highest BCUT2D eigenvalue weighted by Gasteiger charge is 1.96. The summed E-state index contributed by atoms with van der Waals surface area (Å²) in [6, 6.07) is 5.39. The molecule has 0 radical (unpaired) electrons. The minimum Gasteiger partial charge on any atom is -0.373 e. The zero-order chi connectivity index (χ0) is 22.2. The minimum absolute atomic E-state index is 0.683. The molecule has 0 aliphatic rings. The van der Waals surface area contributed by atoms with Gasteiger partial charge in [-0.3, -0.25) is 9.78 Å². The standard InChI is InChI=1S/C15H19N3.C7H7NO.C2H6/c1-5-12(9-16)11(3)7-14-8-15(17-4)18-10-13(14)6-2;1-6-4-7(5-9)2-3-8-6;1-2/h5-10,16-17H,3H2,1-2,4H3;2-5H,1H3;1-2H3/b12-5+,13-6-,14-7-,16-9?;;. The fourth-order valence-electron chi connectivity index (χ4n) is 2.26. The lowest BCUT2D eigenvalue weighted by molar-refractivity contribution is 0.112. The van der Waals surface area contributed by atoms with Crippen LogP contribution in [0.5, 0.6) is 0 Å². The van der Waals surface area contributed by atoms with E-state index in [4.69, 9.17) is 5.41 Å². The lowest BCUT2D eigenvalue weighted by atomic mass is 10.1. The number of nitrogens with zero attached hydrogens (tertiary/aromatic N) is 2. The molecule has 2 aromatic heterocycles. The Morgan fingerprint density at radius 2 is 1.86 bits per heavy atom. The van der Waals surface area contributed by atoms with Gasteiger partial charge in [0.2, 0.25) is 0 Å². The van der Waals surface area contributed by atoms with Crippen LogP contribution in [0.3, 0.4) is 0 Å². The summed E-state index contributed by atoms with van der Waals surface area (Å²) in [5.74, 6) is 0.816. The number of aldehydes is 1. The third-order valence-electron chi connectivity index (χ3n) is 3.76. The van der Waals surface area contributed by atoms with E-state index >= 15 is 0 Å². The highest BCUT2D eigenvalue weighted by atomic mass is 16.1. The number of rotatable bonds is 5. The Balaban J connectivity index is 0.000000595. The molecular formula is C24H32N4O. The number of carbonyl (C=O) groups is 1. The van der Waals surface area contributed by atoms with Gasteiger partial charge >= 0.3 is 0 Å². The maximum Gasteiger partial charge on any atom is 0.150 e. The molecule has 2 heterocycles. The number of carbonyl (C=O) groups excluding carboxylic acids is 1. The molecule has 0 aromatic carbocycles. The first-order chi connectivity index (χ1) is 14.0. The van der Waals surface area contributed by atoms with Crippen LogP contribution in [-0.4, -0.2) is 29.5 Å². The fourth-order valence-corrected chi connectivity index (χ4v) is 2.26. The quantitative estimate of drug-likeness (QED) is 0.456. The van der Waals surface area contributed by atoms with Crippen LogP contribution >= 0.6 is 0 Å². The van der Waals surface area contributed by atoms with Gasteiger partial charge in [0.05, 0.1) is 0 Å². The summed E-state index contributed by atoms with van der Waals surface area (Å²) >= 11 is 0. The Labute approximate surface area is 174 Å². The van der Waals surface area contributed by atoms with Crippen molar-refractivity contribution < 1.29 is 4.79 Å². The summed E-state index contributed by atoms with van der Waals surface area (Å²) in [6.45, 7) is 13.7. The molecule has 0 unspecified atom stereocenters. The molecule has 154 valence electrons. The number of hydrogen-bond donors (Lipinski definition) is 2. The van der Waals surface area contributed by atoms with Gasteiger partial charge in [-0.1, -0.05) is 32.6 Å². The monoisotopic (exact) mass is 392 g/mol. The highest BCUT2D eigenvalue weighted by Crippen LogP contribution is 2.05. The normalized spacial score (nSPS) is 11.4. The van der Waals surface area contributed by atoms with Gasteiger partial charge in [-0.05, 0) is 66.6 Å².